The van der Waals surface area contributed by atoms with Gasteiger partial charge in [-0.15, -0.1) is 29.6 Å². The minimum Gasteiger partial charge on any atom is -0.675 e. The van der Waals surface area contributed by atoms with Crippen molar-refractivity contribution in [1.82, 2.24) is 0 Å². The van der Waals surface area contributed by atoms with E-state index in [1.54, 1.807) is 0 Å². The van der Waals surface area contributed by atoms with Crippen LogP contribution in [0, 0.1) is 51.0 Å². The summed E-state index contributed by atoms with van der Waals surface area (Å²) in [4.78, 5) is 0. The Balaban J connectivity index is 0.00000162. The zero-order valence-electron chi connectivity index (χ0n) is 11.1. The van der Waals surface area contributed by atoms with Crippen LogP contribution >= 0.6 is 23.5 Å². The second-order valence-electron chi connectivity index (χ2n) is 4.72. The molecular formula is C14H20AcNS2-. The first-order chi connectivity index (χ1) is 8.16. The monoisotopic (exact) mass is 493 g/mol. The molecule has 18 heavy (non-hydrogen) atoms. The van der Waals surface area contributed by atoms with Gasteiger partial charge in [-0.2, -0.15) is 0 Å². The summed E-state index contributed by atoms with van der Waals surface area (Å²) in [5.41, 5.74) is 11.9. The van der Waals surface area contributed by atoms with E-state index in [1.807, 2.05) is 6.92 Å². The van der Waals surface area contributed by atoms with Crippen molar-refractivity contribution >= 4 is 23.5 Å². The Kier molecular flexibility index (Phi) is 8.27. The second kappa shape index (κ2) is 8.57. The molecule has 0 aromatic heterocycles. The van der Waals surface area contributed by atoms with Gasteiger partial charge in [0.1, 0.15) is 0 Å². The molecule has 1 radical (unpaired) electrons. The summed E-state index contributed by atoms with van der Waals surface area (Å²) in [5.74, 6) is 2.58. The molecule has 1 aliphatic rings. The van der Waals surface area contributed by atoms with Gasteiger partial charge in [0.2, 0.25) is 0 Å². The third-order valence-corrected chi connectivity index (χ3v) is 5.95. The van der Waals surface area contributed by atoms with Crippen LogP contribution in [-0.2, 0) is 6.42 Å². The van der Waals surface area contributed by atoms with Crippen LogP contribution in [0.3, 0.4) is 0 Å². The number of nitrogens with one attached hydrogen (secondary N) is 1. The molecule has 0 amide bonds. The number of rotatable bonds is 3. The first kappa shape index (κ1) is 17.4. The number of thioether (sulfide) groups is 2. The van der Waals surface area contributed by atoms with Crippen molar-refractivity contribution in [3.05, 3.63) is 40.6 Å². The van der Waals surface area contributed by atoms with Gasteiger partial charge < -0.3 is 5.73 Å². The Morgan fingerprint density at radius 3 is 2.61 bits per heavy atom. The molecule has 0 aliphatic carbocycles. The fourth-order valence-corrected chi connectivity index (χ4v) is 5.15. The molecule has 0 unspecified atom stereocenters. The zero-order valence-corrected chi connectivity index (χ0v) is 17.5. The van der Waals surface area contributed by atoms with Crippen molar-refractivity contribution < 1.29 is 44.1 Å². The SMILES string of the molecule is Cc1ccc(C[C@@H](C)[NH-])cc1C1SCCCS1.[Ac]. The zero-order chi connectivity index (χ0) is 12.3. The number of aryl methyl sites for hydroxylation is 1. The van der Waals surface area contributed by atoms with Crippen molar-refractivity contribution in [2.75, 3.05) is 11.5 Å². The van der Waals surface area contributed by atoms with Crippen molar-refractivity contribution in [2.24, 2.45) is 0 Å². The van der Waals surface area contributed by atoms with Crippen LogP contribution in [0.4, 0.5) is 0 Å². The van der Waals surface area contributed by atoms with Crippen LogP contribution in [-0.4, -0.2) is 17.5 Å². The maximum Gasteiger partial charge on any atom is 0.0753 e. The molecule has 0 spiro atoms. The molecule has 1 fully saturated rings. The van der Waals surface area contributed by atoms with E-state index in [0.717, 1.165) is 6.42 Å². The van der Waals surface area contributed by atoms with Gasteiger partial charge >= 0.3 is 0 Å². The van der Waals surface area contributed by atoms with Gasteiger partial charge in [-0.25, -0.2) is 0 Å². The van der Waals surface area contributed by atoms with Crippen LogP contribution in [0.2, 0.25) is 0 Å². The van der Waals surface area contributed by atoms with E-state index in [1.165, 1.54) is 34.6 Å². The van der Waals surface area contributed by atoms with Crippen molar-refractivity contribution in [1.29, 1.82) is 0 Å². The summed E-state index contributed by atoms with van der Waals surface area (Å²) in [5, 5.41) is 0. The first-order valence-corrected chi connectivity index (χ1v) is 8.30. The van der Waals surface area contributed by atoms with Gasteiger partial charge in [0.25, 0.3) is 0 Å². The summed E-state index contributed by atoms with van der Waals surface area (Å²) in [7, 11) is 0. The third kappa shape index (κ3) is 5.02. The van der Waals surface area contributed by atoms with E-state index in [0.29, 0.717) is 4.58 Å². The van der Waals surface area contributed by atoms with Gasteiger partial charge in [0.05, 0.1) is 4.58 Å². The Labute approximate surface area is 155 Å². The Bertz CT molecular complexity index is 376. The molecule has 2 rings (SSSR count). The normalized spacial score (nSPS) is 18.2. The largest absolute Gasteiger partial charge is 0.675 e. The molecule has 97 valence electrons. The molecular weight excluding hydrogens is 473 g/mol. The number of hydrogen-bond donors (Lipinski definition) is 0. The molecule has 1 N–H and O–H groups in total. The average molecular weight is 493 g/mol. The van der Waals surface area contributed by atoms with Gasteiger partial charge in [0, 0.05) is 44.1 Å². The number of benzene rings is 1. The predicted octanol–water partition coefficient (Wildman–Crippen LogP) is 4.85. The fourth-order valence-electron chi connectivity index (χ4n) is 2.09. The van der Waals surface area contributed by atoms with Crippen molar-refractivity contribution in [3.8, 4) is 0 Å². The van der Waals surface area contributed by atoms with Crippen LogP contribution in [0.5, 0.6) is 0 Å². The maximum absolute atomic E-state index is 7.67. The molecule has 1 aliphatic heterocycles. The van der Waals surface area contributed by atoms with E-state index in [4.69, 9.17) is 5.73 Å². The van der Waals surface area contributed by atoms with Crippen molar-refractivity contribution in [3.63, 3.8) is 0 Å². The number of hydrogen-bond acceptors (Lipinski definition) is 2. The van der Waals surface area contributed by atoms with Gasteiger partial charge in [-0.1, -0.05) is 25.1 Å². The van der Waals surface area contributed by atoms with Crippen LogP contribution in [0.25, 0.3) is 5.73 Å². The summed E-state index contributed by atoms with van der Waals surface area (Å²) in [6, 6.07) is 6.73. The van der Waals surface area contributed by atoms with E-state index < -0.39 is 0 Å². The molecule has 1 aromatic rings. The van der Waals surface area contributed by atoms with Gasteiger partial charge in [-0.05, 0) is 48.0 Å². The Morgan fingerprint density at radius 1 is 1.33 bits per heavy atom. The van der Waals surface area contributed by atoms with Crippen molar-refractivity contribution in [2.45, 2.75) is 37.3 Å². The molecule has 1 saturated heterocycles. The average Bonchev–Trinajstić information content (AvgIpc) is 2.32. The van der Waals surface area contributed by atoms with Gasteiger partial charge in [0.15, 0.2) is 0 Å². The molecule has 1 heterocycles. The molecule has 1 aromatic carbocycles. The fraction of sp³-hybridized carbons (Fsp3) is 0.571. The van der Waals surface area contributed by atoms with Crippen LogP contribution in [0.15, 0.2) is 18.2 Å². The summed E-state index contributed by atoms with van der Waals surface area (Å²) >= 11 is 4.15. The maximum atomic E-state index is 7.67. The van der Waals surface area contributed by atoms with E-state index in [2.05, 4.69) is 48.6 Å². The summed E-state index contributed by atoms with van der Waals surface area (Å²) in [6.45, 7) is 4.17. The standard InChI is InChI=1S/C14H20NS2.Ac/c1-10-4-5-12(8-11(2)15)9-13(10)14-16-6-3-7-17-14;/h4-5,9,11,14-15H,3,6-8H2,1-2H3;/q-1;/t11-;/m1./s1. The predicted molar refractivity (Wildman–Crippen MR) is 80.9 cm³/mol. The van der Waals surface area contributed by atoms with E-state index in [-0.39, 0.29) is 50.1 Å². The first-order valence-electron chi connectivity index (χ1n) is 6.20. The minimum atomic E-state index is -0.00258. The smallest absolute Gasteiger partial charge is 0.0753 e. The Hall–Kier alpha value is 1.32. The van der Waals surface area contributed by atoms with Crippen LogP contribution in [0.1, 0.15) is 34.6 Å². The Morgan fingerprint density at radius 2 is 2.00 bits per heavy atom. The topological polar surface area (TPSA) is 23.8 Å². The van der Waals surface area contributed by atoms with Crippen LogP contribution < -0.4 is 0 Å². The second-order valence-corrected chi connectivity index (χ2v) is 7.45. The summed E-state index contributed by atoms with van der Waals surface area (Å²) in [6.07, 6.45) is 2.21. The van der Waals surface area contributed by atoms with E-state index in [9.17, 15) is 0 Å². The summed E-state index contributed by atoms with van der Waals surface area (Å²) < 4.78 is 0.615. The third-order valence-electron chi connectivity index (χ3n) is 2.97. The molecule has 0 saturated carbocycles. The molecule has 1 atom stereocenters. The molecule has 1 nitrogen and oxygen atoms in total. The van der Waals surface area contributed by atoms with Gasteiger partial charge in [-0.3, -0.25) is 0 Å². The minimum absolute atomic E-state index is 0. The molecule has 0 bridgehead atoms. The van der Waals surface area contributed by atoms with E-state index >= 15 is 0 Å². The molecule has 4 heteroatoms. The quantitative estimate of drug-likeness (QED) is 0.602.